The van der Waals surface area contributed by atoms with Crippen LogP contribution in [0.25, 0.3) is 11.5 Å². The number of hydrogen-bond donors (Lipinski definition) is 1. The van der Waals surface area contributed by atoms with Gasteiger partial charge in [0.05, 0.1) is 5.69 Å². The molecule has 5 rings (SSSR count). The summed E-state index contributed by atoms with van der Waals surface area (Å²) >= 11 is 0. The van der Waals surface area contributed by atoms with E-state index in [0.29, 0.717) is 24.5 Å². The lowest BCUT2D eigenvalue weighted by Gasteiger charge is -2.27. The number of hydrogen-bond acceptors (Lipinski definition) is 6. The van der Waals surface area contributed by atoms with Gasteiger partial charge in [0.15, 0.2) is 17.3 Å². The molecule has 0 amide bonds. The molecule has 0 aliphatic carbocycles. The number of rotatable bonds is 3. The van der Waals surface area contributed by atoms with E-state index in [4.69, 9.17) is 9.47 Å². The number of H-pyrrole nitrogens is 1. The summed E-state index contributed by atoms with van der Waals surface area (Å²) in [4.78, 5) is 26.6. The maximum atomic E-state index is 12.5. The molecule has 0 fully saturated rings. The van der Waals surface area contributed by atoms with Gasteiger partial charge >= 0.3 is 0 Å². The van der Waals surface area contributed by atoms with E-state index in [1.165, 1.54) is 0 Å². The van der Waals surface area contributed by atoms with Gasteiger partial charge in [-0.15, -0.1) is 0 Å². The first kappa shape index (κ1) is 16.0. The summed E-state index contributed by atoms with van der Waals surface area (Å²) in [6.07, 6.45) is 2.38. The fraction of sp³-hybridized carbons (Fsp3) is 0.250. The van der Waals surface area contributed by atoms with Crippen LogP contribution in [-0.4, -0.2) is 33.2 Å². The summed E-state index contributed by atoms with van der Waals surface area (Å²) in [6.45, 7) is 2.49. The molecular weight excluding hydrogens is 344 g/mol. The quantitative estimate of drug-likeness (QED) is 0.769. The number of nitrogens with zero attached hydrogens (tertiary/aromatic N) is 3. The van der Waals surface area contributed by atoms with E-state index < -0.39 is 0 Å². The molecule has 1 N–H and O–H groups in total. The zero-order valence-electron chi connectivity index (χ0n) is 14.6. The van der Waals surface area contributed by atoms with Crippen LogP contribution in [0.2, 0.25) is 0 Å². The molecule has 2 aliphatic rings. The number of pyridine rings is 1. The molecule has 0 radical (unpaired) electrons. The van der Waals surface area contributed by atoms with E-state index >= 15 is 0 Å². The van der Waals surface area contributed by atoms with E-state index in [1.807, 2.05) is 36.4 Å². The van der Waals surface area contributed by atoms with Gasteiger partial charge < -0.3 is 14.5 Å². The van der Waals surface area contributed by atoms with Gasteiger partial charge in [0.2, 0.25) is 6.79 Å². The number of aromatic amines is 1. The highest BCUT2D eigenvalue weighted by atomic mass is 16.7. The van der Waals surface area contributed by atoms with Crippen molar-refractivity contribution in [3.05, 3.63) is 69.8 Å². The van der Waals surface area contributed by atoms with E-state index in [1.54, 1.807) is 6.20 Å². The maximum Gasteiger partial charge on any atom is 0.254 e. The van der Waals surface area contributed by atoms with Crippen LogP contribution >= 0.6 is 0 Å². The zero-order valence-corrected chi connectivity index (χ0v) is 14.6. The van der Waals surface area contributed by atoms with Gasteiger partial charge in [0, 0.05) is 31.4 Å². The van der Waals surface area contributed by atoms with Crippen molar-refractivity contribution in [3.8, 4) is 23.0 Å². The monoisotopic (exact) mass is 362 g/mol. The van der Waals surface area contributed by atoms with Gasteiger partial charge in [0.25, 0.3) is 5.56 Å². The average molecular weight is 362 g/mol. The third kappa shape index (κ3) is 3.06. The van der Waals surface area contributed by atoms with Crippen LogP contribution < -0.4 is 15.0 Å². The predicted octanol–water partition coefficient (Wildman–Crippen LogP) is 2.12. The lowest BCUT2D eigenvalue weighted by atomic mass is 10.1. The van der Waals surface area contributed by atoms with Crippen molar-refractivity contribution in [1.82, 2.24) is 19.9 Å². The Morgan fingerprint density at radius 3 is 2.96 bits per heavy atom. The van der Waals surface area contributed by atoms with E-state index in [0.717, 1.165) is 41.4 Å². The van der Waals surface area contributed by atoms with Crippen molar-refractivity contribution in [3.63, 3.8) is 0 Å². The number of nitrogens with one attached hydrogen (secondary N) is 1. The predicted molar refractivity (Wildman–Crippen MR) is 98.5 cm³/mol. The molecule has 27 heavy (non-hydrogen) atoms. The van der Waals surface area contributed by atoms with E-state index in [-0.39, 0.29) is 12.4 Å². The van der Waals surface area contributed by atoms with Crippen LogP contribution in [0.1, 0.15) is 16.8 Å². The summed E-state index contributed by atoms with van der Waals surface area (Å²) in [7, 11) is 0. The molecule has 0 saturated carbocycles. The second-order valence-corrected chi connectivity index (χ2v) is 6.70. The third-order valence-corrected chi connectivity index (χ3v) is 4.90. The minimum Gasteiger partial charge on any atom is -0.454 e. The lowest BCUT2D eigenvalue weighted by Crippen LogP contribution is -2.35. The van der Waals surface area contributed by atoms with Gasteiger partial charge in [-0.1, -0.05) is 12.1 Å². The Morgan fingerprint density at radius 1 is 1.15 bits per heavy atom. The van der Waals surface area contributed by atoms with Crippen molar-refractivity contribution < 1.29 is 9.47 Å². The standard InChI is InChI=1S/C20H18N4O3/c25-20-14-6-8-24(10-13-4-5-17-18(9-13)27-12-26-17)11-16(14)22-19(23-20)15-3-1-2-7-21-15/h1-5,7,9H,6,8,10-12H2,(H,22,23,25). The SMILES string of the molecule is O=c1[nH]c(-c2ccccn2)nc2c1CCN(Cc1ccc3c(c1)OCO3)C2. The van der Waals surface area contributed by atoms with Crippen LogP contribution in [-0.2, 0) is 19.5 Å². The number of ether oxygens (including phenoxy) is 2. The van der Waals surface area contributed by atoms with Crippen LogP contribution in [0, 0.1) is 0 Å². The molecule has 7 heteroatoms. The fourth-order valence-electron chi connectivity index (χ4n) is 3.55. The van der Waals surface area contributed by atoms with Gasteiger partial charge in [0.1, 0.15) is 5.69 Å². The largest absolute Gasteiger partial charge is 0.454 e. The lowest BCUT2D eigenvalue weighted by molar-refractivity contribution is 0.174. The minimum atomic E-state index is -0.0663. The Bertz CT molecular complexity index is 1050. The van der Waals surface area contributed by atoms with Crippen molar-refractivity contribution in [2.24, 2.45) is 0 Å². The van der Waals surface area contributed by atoms with Gasteiger partial charge in [-0.05, 0) is 36.2 Å². The molecule has 0 bridgehead atoms. The van der Waals surface area contributed by atoms with Crippen LogP contribution in [0.3, 0.4) is 0 Å². The minimum absolute atomic E-state index is 0.0663. The maximum absolute atomic E-state index is 12.5. The number of fused-ring (bicyclic) bond motifs is 2. The third-order valence-electron chi connectivity index (χ3n) is 4.90. The first-order chi connectivity index (χ1) is 13.3. The summed E-state index contributed by atoms with van der Waals surface area (Å²) in [5.74, 6) is 2.09. The van der Waals surface area contributed by atoms with Gasteiger partial charge in [-0.25, -0.2) is 4.98 Å². The summed E-state index contributed by atoms with van der Waals surface area (Å²) < 4.78 is 10.8. The highest BCUT2D eigenvalue weighted by molar-refractivity contribution is 5.49. The Hall–Kier alpha value is -3.19. The highest BCUT2D eigenvalue weighted by Crippen LogP contribution is 2.33. The van der Waals surface area contributed by atoms with Crippen LogP contribution in [0.5, 0.6) is 11.5 Å². The molecule has 1 aromatic carbocycles. The second kappa shape index (κ2) is 6.51. The molecule has 0 atom stereocenters. The van der Waals surface area contributed by atoms with Crippen LogP contribution in [0.4, 0.5) is 0 Å². The van der Waals surface area contributed by atoms with Crippen LogP contribution in [0.15, 0.2) is 47.4 Å². The Labute approximate surface area is 155 Å². The molecule has 3 aromatic rings. The second-order valence-electron chi connectivity index (χ2n) is 6.70. The zero-order chi connectivity index (χ0) is 18.2. The number of benzene rings is 1. The first-order valence-electron chi connectivity index (χ1n) is 8.90. The van der Waals surface area contributed by atoms with Crippen molar-refractivity contribution in [2.45, 2.75) is 19.5 Å². The molecule has 2 aliphatic heterocycles. The van der Waals surface area contributed by atoms with E-state index in [2.05, 4.69) is 19.9 Å². The van der Waals surface area contributed by atoms with Crippen molar-refractivity contribution in [1.29, 1.82) is 0 Å². The molecule has 4 heterocycles. The first-order valence-corrected chi connectivity index (χ1v) is 8.90. The van der Waals surface area contributed by atoms with Crippen molar-refractivity contribution >= 4 is 0 Å². The summed E-state index contributed by atoms with van der Waals surface area (Å²) in [5, 5.41) is 0. The fourth-order valence-corrected chi connectivity index (χ4v) is 3.55. The molecule has 0 spiro atoms. The van der Waals surface area contributed by atoms with Crippen molar-refractivity contribution in [2.75, 3.05) is 13.3 Å². The number of aromatic nitrogens is 3. The Morgan fingerprint density at radius 2 is 2.07 bits per heavy atom. The molecule has 0 unspecified atom stereocenters. The topological polar surface area (TPSA) is 80.3 Å². The molecule has 136 valence electrons. The Balaban J connectivity index is 1.40. The summed E-state index contributed by atoms with van der Waals surface area (Å²) in [6, 6.07) is 11.6. The molecule has 2 aromatic heterocycles. The average Bonchev–Trinajstić information content (AvgIpc) is 3.16. The summed E-state index contributed by atoms with van der Waals surface area (Å²) in [5.41, 5.74) is 3.36. The highest BCUT2D eigenvalue weighted by Gasteiger charge is 2.22. The molecule has 0 saturated heterocycles. The molecular formula is C20H18N4O3. The van der Waals surface area contributed by atoms with Gasteiger partial charge in [-0.2, -0.15) is 0 Å². The molecule has 7 nitrogen and oxygen atoms in total. The smallest absolute Gasteiger partial charge is 0.254 e. The Kier molecular flexibility index (Phi) is 3.86. The van der Waals surface area contributed by atoms with E-state index in [9.17, 15) is 4.79 Å². The normalized spacial score (nSPS) is 15.6. The van der Waals surface area contributed by atoms with Gasteiger partial charge in [-0.3, -0.25) is 14.7 Å².